The third kappa shape index (κ3) is 2.62. The van der Waals surface area contributed by atoms with Crippen molar-refractivity contribution in [1.29, 1.82) is 0 Å². The topological polar surface area (TPSA) is 59.1 Å². The first kappa shape index (κ1) is 11.6. The maximum absolute atomic E-state index is 12.1. The molecule has 0 aliphatic carbocycles. The molecule has 0 amide bonds. The van der Waals surface area contributed by atoms with E-state index >= 15 is 0 Å². The summed E-state index contributed by atoms with van der Waals surface area (Å²) in [4.78, 5) is 4.12. The maximum Gasteiger partial charge on any atom is 0.262 e. The molecule has 5 heteroatoms. The van der Waals surface area contributed by atoms with Gasteiger partial charge in [-0.15, -0.1) is 0 Å². The number of aryl methyl sites for hydroxylation is 1. The molecule has 0 aliphatic rings. The van der Waals surface area contributed by atoms with Gasteiger partial charge in [0.1, 0.15) is 0 Å². The first-order valence-electron chi connectivity index (χ1n) is 5.08. The normalized spacial score (nSPS) is 11.1. The highest BCUT2D eigenvalue weighted by atomic mass is 32.2. The molecule has 4 nitrogen and oxygen atoms in total. The number of rotatable bonds is 3. The van der Waals surface area contributed by atoms with Crippen LogP contribution < -0.4 is 4.72 Å². The van der Waals surface area contributed by atoms with Crippen LogP contribution in [0.5, 0.6) is 0 Å². The summed E-state index contributed by atoms with van der Waals surface area (Å²) in [7, 11) is -3.52. The second kappa shape index (κ2) is 4.55. The lowest BCUT2D eigenvalue weighted by molar-refractivity contribution is 0.600. The van der Waals surface area contributed by atoms with E-state index in [0.29, 0.717) is 11.3 Å². The number of pyridine rings is 1. The molecule has 1 N–H and O–H groups in total. The lowest BCUT2D eigenvalue weighted by atomic mass is 10.2. The van der Waals surface area contributed by atoms with Crippen molar-refractivity contribution in [3.63, 3.8) is 0 Å². The van der Waals surface area contributed by atoms with Gasteiger partial charge in [-0.2, -0.15) is 0 Å². The fourth-order valence-corrected chi connectivity index (χ4v) is 2.79. The molecule has 88 valence electrons. The highest BCUT2D eigenvalue weighted by Crippen LogP contribution is 2.18. The Kier molecular flexibility index (Phi) is 3.10. The van der Waals surface area contributed by atoms with Gasteiger partial charge in [-0.1, -0.05) is 18.2 Å². The Balaban J connectivity index is 2.36. The average Bonchev–Trinajstić information content (AvgIpc) is 2.30. The molecule has 0 saturated heterocycles. The van der Waals surface area contributed by atoms with Gasteiger partial charge >= 0.3 is 0 Å². The fraction of sp³-hybridized carbons (Fsp3) is 0.0833. The van der Waals surface area contributed by atoms with Gasteiger partial charge in [0.05, 0.1) is 10.6 Å². The van der Waals surface area contributed by atoms with Gasteiger partial charge < -0.3 is 0 Å². The standard InChI is InChI=1S/C12H12N2O2S/c1-10-4-2-3-5-12(10)17(15,16)14-11-6-8-13-9-7-11/h2-9H,1H3,(H,13,14). The van der Waals surface area contributed by atoms with Crippen LogP contribution in [0.25, 0.3) is 0 Å². The van der Waals surface area contributed by atoms with E-state index in [9.17, 15) is 8.42 Å². The van der Waals surface area contributed by atoms with E-state index < -0.39 is 10.0 Å². The van der Waals surface area contributed by atoms with Crippen LogP contribution >= 0.6 is 0 Å². The minimum absolute atomic E-state index is 0.289. The summed E-state index contributed by atoms with van der Waals surface area (Å²) in [6, 6.07) is 10.1. The Bertz CT molecular complexity index is 609. The molecule has 0 aliphatic heterocycles. The zero-order chi connectivity index (χ0) is 12.3. The van der Waals surface area contributed by atoms with Crippen LogP contribution in [-0.4, -0.2) is 13.4 Å². The molecule has 1 aromatic heterocycles. The van der Waals surface area contributed by atoms with E-state index in [-0.39, 0.29) is 4.90 Å². The Hall–Kier alpha value is -1.88. The molecule has 0 radical (unpaired) electrons. The molecule has 0 atom stereocenters. The number of aromatic nitrogens is 1. The van der Waals surface area contributed by atoms with Crippen LogP contribution in [-0.2, 0) is 10.0 Å². The Morgan fingerprint density at radius 1 is 1.06 bits per heavy atom. The minimum atomic E-state index is -3.52. The number of sulfonamides is 1. The molecule has 0 saturated carbocycles. The fourth-order valence-electron chi connectivity index (χ4n) is 1.49. The molecule has 2 aromatic rings. The van der Waals surface area contributed by atoms with Crippen LogP contribution in [0.2, 0.25) is 0 Å². The number of benzene rings is 1. The zero-order valence-corrected chi connectivity index (χ0v) is 10.1. The summed E-state index contributed by atoms with van der Waals surface area (Å²) in [5, 5.41) is 0. The number of nitrogens with zero attached hydrogens (tertiary/aromatic N) is 1. The first-order valence-corrected chi connectivity index (χ1v) is 6.56. The number of hydrogen-bond donors (Lipinski definition) is 1. The lowest BCUT2D eigenvalue weighted by Gasteiger charge is -2.09. The van der Waals surface area contributed by atoms with E-state index in [1.54, 1.807) is 43.3 Å². The van der Waals surface area contributed by atoms with Crippen molar-refractivity contribution in [2.75, 3.05) is 4.72 Å². The van der Waals surface area contributed by atoms with Crippen molar-refractivity contribution in [2.24, 2.45) is 0 Å². The molecule has 0 fully saturated rings. The molecule has 17 heavy (non-hydrogen) atoms. The smallest absolute Gasteiger partial charge is 0.262 e. The predicted molar refractivity (Wildman–Crippen MR) is 66.2 cm³/mol. The highest BCUT2D eigenvalue weighted by Gasteiger charge is 2.15. The zero-order valence-electron chi connectivity index (χ0n) is 9.29. The van der Waals surface area contributed by atoms with E-state index in [2.05, 4.69) is 9.71 Å². The maximum atomic E-state index is 12.1. The van der Waals surface area contributed by atoms with Gasteiger partial charge in [0.25, 0.3) is 10.0 Å². The quantitative estimate of drug-likeness (QED) is 0.905. The third-order valence-electron chi connectivity index (χ3n) is 2.32. The largest absolute Gasteiger partial charge is 0.280 e. The van der Waals surface area contributed by atoms with Crippen molar-refractivity contribution in [3.8, 4) is 0 Å². The summed E-state index contributed by atoms with van der Waals surface area (Å²) >= 11 is 0. The minimum Gasteiger partial charge on any atom is -0.280 e. The second-order valence-electron chi connectivity index (χ2n) is 3.61. The monoisotopic (exact) mass is 248 g/mol. The van der Waals surface area contributed by atoms with Crippen molar-refractivity contribution in [1.82, 2.24) is 4.98 Å². The van der Waals surface area contributed by atoms with Gasteiger partial charge in [-0.05, 0) is 30.7 Å². The predicted octanol–water partition coefficient (Wildman–Crippen LogP) is 2.19. The summed E-state index contributed by atoms with van der Waals surface area (Å²) in [6.45, 7) is 1.76. The van der Waals surface area contributed by atoms with Crippen LogP contribution in [0.1, 0.15) is 5.56 Å². The van der Waals surface area contributed by atoms with E-state index in [1.165, 1.54) is 12.4 Å². The lowest BCUT2D eigenvalue weighted by Crippen LogP contribution is -2.14. The van der Waals surface area contributed by atoms with Crippen LogP contribution in [0.4, 0.5) is 5.69 Å². The Morgan fingerprint density at radius 2 is 1.71 bits per heavy atom. The average molecular weight is 248 g/mol. The van der Waals surface area contributed by atoms with Crippen LogP contribution in [0.15, 0.2) is 53.7 Å². The summed E-state index contributed by atoms with van der Waals surface area (Å²) < 4.78 is 26.7. The summed E-state index contributed by atoms with van der Waals surface area (Å²) in [6.07, 6.45) is 3.07. The van der Waals surface area contributed by atoms with Gasteiger partial charge in [0.2, 0.25) is 0 Å². The number of hydrogen-bond acceptors (Lipinski definition) is 3. The van der Waals surface area contributed by atoms with Gasteiger partial charge in [0.15, 0.2) is 0 Å². The van der Waals surface area contributed by atoms with E-state index in [1.807, 2.05) is 0 Å². The number of anilines is 1. The SMILES string of the molecule is Cc1ccccc1S(=O)(=O)Nc1ccncc1. The van der Waals surface area contributed by atoms with Crippen molar-refractivity contribution in [2.45, 2.75) is 11.8 Å². The second-order valence-corrected chi connectivity index (χ2v) is 5.26. The molecular weight excluding hydrogens is 236 g/mol. The molecule has 1 aromatic carbocycles. The number of nitrogens with one attached hydrogen (secondary N) is 1. The molecule has 0 unspecified atom stereocenters. The van der Waals surface area contributed by atoms with Crippen LogP contribution in [0.3, 0.4) is 0 Å². The molecule has 0 spiro atoms. The third-order valence-corrected chi connectivity index (χ3v) is 3.86. The van der Waals surface area contributed by atoms with Gasteiger partial charge in [-0.3, -0.25) is 9.71 Å². The molecule has 2 rings (SSSR count). The molecule has 0 bridgehead atoms. The van der Waals surface area contributed by atoms with Crippen LogP contribution in [0, 0.1) is 6.92 Å². The van der Waals surface area contributed by atoms with Crippen molar-refractivity contribution in [3.05, 3.63) is 54.4 Å². The summed E-state index contributed by atoms with van der Waals surface area (Å²) in [5.74, 6) is 0. The van der Waals surface area contributed by atoms with E-state index in [4.69, 9.17) is 0 Å². The highest BCUT2D eigenvalue weighted by molar-refractivity contribution is 7.92. The molecule has 1 heterocycles. The Morgan fingerprint density at radius 3 is 2.35 bits per heavy atom. The van der Waals surface area contributed by atoms with Crippen molar-refractivity contribution < 1.29 is 8.42 Å². The Labute approximate surface area is 100 Å². The van der Waals surface area contributed by atoms with Crippen molar-refractivity contribution >= 4 is 15.7 Å². The summed E-state index contributed by atoms with van der Waals surface area (Å²) in [5.41, 5.74) is 1.22. The van der Waals surface area contributed by atoms with Gasteiger partial charge in [-0.25, -0.2) is 8.42 Å². The van der Waals surface area contributed by atoms with Gasteiger partial charge in [0, 0.05) is 12.4 Å². The first-order chi connectivity index (χ1) is 8.09. The van der Waals surface area contributed by atoms with E-state index in [0.717, 1.165) is 0 Å². The molecular formula is C12H12N2O2S.